The highest BCUT2D eigenvalue weighted by Crippen LogP contribution is 2.31. The van der Waals surface area contributed by atoms with E-state index in [1.54, 1.807) is 6.07 Å². The number of benzene rings is 2. The molecule has 186 valence electrons. The van der Waals surface area contributed by atoms with Gasteiger partial charge in [-0.15, -0.1) is 0 Å². The van der Waals surface area contributed by atoms with Crippen molar-refractivity contribution in [2.75, 3.05) is 39.0 Å². The van der Waals surface area contributed by atoms with E-state index in [0.717, 1.165) is 24.8 Å². The zero-order valence-electron chi connectivity index (χ0n) is 20.0. The van der Waals surface area contributed by atoms with Crippen molar-refractivity contribution >= 4 is 11.6 Å². The number of rotatable bonds is 9. The van der Waals surface area contributed by atoms with E-state index in [2.05, 4.69) is 33.8 Å². The second kappa shape index (κ2) is 11.7. The molecule has 0 saturated heterocycles. The molecule has 1 aliphatic rings. The van der Waals surface area contributed by atoms with Crippen LogP contribution in [0.1, 0.15) is 30.0 Å². The van der Waals surface area contributed by atoms with Gasteiger partial charge in [0.05, 0.1) is 17.8 Å². The third kappa shape index (κ3) is 6.94. The van der Waals surface area contributed by atoms with Crippen LogP contribution in [0.2, 0.25) is 0 Å². The summed E-state index contributed by atoms with van der Waals surface area (Å²) in [4.78, 5) is 17.4. The van der Waals surface area contributed by atoms with Crippen molar-refractivity contribution in [1.29, 1.82) is 0 Å². The van der Waals surface area contributed by atoms with Crippen LogP contribution in [0.15, 0.2) is 48.5 Å². The number of hydrogen-bond acceptors (Lipinski definition) is 5. The molecule has 0 bridgehead atoms. The first-order chi connectivity index (χ1) is 16.2. The van der Waals surface area contributed by atoms with Gasteiger partial charge in [0.15, 0.2) is 0 Å². The first kappa shape index (κ1) is 26.0. The topological polar surface area (TPSA) is 59.6 Å². The van der Waals surface area contributed by atoms with E-state index in [1.165, 1.54) is 17.7 Å². The van der Waals surface area contributed by atoms with Crippen LogP contribution in [0, 0.1) is 0 Å². The minimum atomic E-state index is -4.47. The summed E-state index contributed by atoms with van der Waals surface area (Å²) < 4.78 is 40.0. The summed E-state index contributed by atoms with van der Waals surface area (Å²) in [5, 5.41) is 9.66. The maximum atomic E-state index is 13.3. The summed E-state index contributed by atoms with van der Waals surface area (Å²) in [7, 11) is 3.85. The van der Waals surface area contributed by atoms with Gasteiger partial charge in [-0.1, -0.05) is 43.3 Å². The molecule has 0 aliphatic carbocycles. The fraction of sp³-hybridized carbons (Fsp3) is 0.480. The Morgan fingerprint density at radius 2 is 1.88 bits per heavy atom. The Bertz CT molecular complexity index is 950. The van der Waals surface area contributed by atoms with Crippen molar-refractivity contribution in [3.63, 3.8) is 0 Å². The standard InChI is InChI=1S/C25H34F3N5O/c1-4-33-17-19-10-6-8-12-21(19)29-16-23(33)31-22(13-14-32(2)3)24(34)30-15-18-9-5-7-11-20(18)25(26,27)28/h5-12,22-23,29,31H,4,13-17H2,1-3H3,(H,30,34). The molecule has 0 aromatic heterocycles. The maximum absolute atomic E-state index is 13.3. The van der Waals surface area contributed by atoms with Crippen LogP contribution in [-0.4, -0.2) is 61.6 Å². The van der Waals surface area contributed by atoms with Crippen LogP contribution < -0.4 is 16.0 Å². The Morgan fingerprint density at radius 1 is 1.18 bits per heavy atom. The largest absolute Gasteiger partial charge is 0.416 e. The smallest absolute Gasteiger partial charge is 0.382 e. The van der Waals surface area contributed by atoms with E-state index < -0.39 is 17.8 Å². The molecule has 0 saturated carbocycles. The first-order valence-corrected chi connectivity index (χ1v) is 11.6. The molecule has 2 aromatic rings. The van der Waals surface area contributed by atoms with Gasteiger partial charge >= 0.3 is 6.18 Å². The minimum absolute atomic E-state index is 0.0523. The molecular formula is C25H34F3N5O. The average Bonchev–Trinajstić information content (AvgIpc) is 2.98. The molecule has 2 unspecified atom stereocenters. The number of alkyl halides is 3. The van der Waals surface area contributed by atoms with Gasteiger partial charge in [0.1, 0.15) is 0 Å². The lowest BCUT2D eigenvalue weighted by atomic mass is 10.1. The van der Waals surface area contributed by atoms with Crippen molar-refractivity contribution in [2.24, 2.45) is 0 Å². The quantitative estimate of drug-likeness (QED) is 0.516. The van der Waals surface area contributed by atoms with Crippen molar-refractivity contribution in [2.45, 2.75) is 44.8 Å². The number of amides is 1. The van der Waals surface area contributed by atoms with Crippen LogP contribution in [0.4, 0.5) is 18.9 Å². The maximum Gasteiger partial charge on any atom is 0.416 e. The fourth-order valence-electron chi connectivity index (χ4n) is 4.16. The molecule has 1 aliphatic heterocycles. The second-order valence-electron chi connectivity index (χ2n) is 8.80. The molecule has 34 heavy (non-hydrogen) atoms. The number of fused-ring (bicyclic) bond motifs is 1. The van der Waals surface area contributed by atoms with Crippen LogP contribution in [0.25, 0.3) is 0 Å². The highest BCUT2D eigenvalue weighted by atomic mass is 19.4. The van der Waals surface area contributed by atoms with Crippen molar-refractivity contribution in [3.8, 4) is 0 Å². The molecule has 2 atom stereocenters. The van der Waals surface area contributed by atoms with Crippen molar-refractivity contribution in [3.05, 3.63) is 65.2 Å². The summed E-state index contributed by atoms with van der Waals surface area (Å²) in [5.41, 5.74) is 1.59. The minimum Gasteiger partial charge on any atom is -0.382 e. The molecule has 9 heteroatoms. The van der Waals surface area contributed by atoms with E-state index >= 15 is 0 Å². The molecule has 3 N–H and O–H groups in total. The summed E-state index contributed by atoms with van der Waals surface area (Å²) >= 11 is 0. The zero-order chi connectivity index (χ0) is 24.7. The molecule has 0 spiro atoms. The lowest BCUT2D eigenvalue weighted by molar-refractivity contribution is -0.138. The molecule has 1 heterocycles. The number of nitrogens with one attached hydrogen (secondary N) is 3. The Balaban J connectivity index is 1.72. The van der Waals surface area contributed by atoms with Gasteiger partial charge in [-0.05, 0) is 56.9 Å². The lowest BCUT2D eigenvalue weighted by Crippen LogP contribution is -2.56. The second-order valence-corrected chi connectivity index (χ2v) is 8.80. The Hall–Kier alpha value is -2.62. The summed E-state index contributed by atoms with van der Waals surface area (Å²) in [5.74, 6) is -0.309. The van der Waals surface area contributed by atoms with E-state index in [4.69, 9.17) is 0 Å². The van der Waals surface area contributed by atoms with Gasteiger partial charge in [0.2, 0.25) is 5.91 Å². The summed E-state index contributed by atoms with van der Waals surface area (Å²) in [6.07, 6.45) is -4.05. The molecule has 1 amide bonds. The molecule has 6 nitrogen and oxygen atoms in total. The van der Waals surface area contributed by atoms with Gasteiger partial charge < -0.3 is 15.5 Å². The molecule has 3 rings (SSSR count). The number of carbonyl (C=O) groups is 1. The molecule has 0 fully saturated rings. The fourth-order valence-corrected chi connectivity index (χ4v) is 4.16. The average molecular weight is 478 g/mol. The highest BCUT2D eigenvalue weighted by Gasteiger charge is 2.33. The van der Waals surface area contributed by atoms with E-state index in [1.807, 2.05) is 37.2 Å². The number of likely N-dealkylation sites (N-methyl/N-ethyl adjacent to an activating group) is 1. The zero-order valence-corrected chi connectivity index (χ0v) is 20.0. The number of hydrogen-bond donors (Lipinski definition) is 3. The number of halogens is 3. The molecule has 2 aromatic carbocycles. The third-order valence-electron chi connectivity index (χ3n) is 6.07. The van der Waals surface area contributed by atoms with Crippen molar-refractivity contribution in [1.82, 2.24) is 20.4 Å². The predicted octanol–water partition coefficient (Wildman–Crippen LogP) is 3.51. The first-order valence-electron chi connectivity index (χ1n) is 11.6. The number of nitrogens with zero attached hydrogens (tertiary/aromatic N) is 2. The summed E-state index contributed by atoms with van der Waals surface area (Å²) in [6.45, 7) is 4.68. The van der Waals surface area contributed by atoms with Gasteiger partial charge in [-0.3, -0.25) is 15.0 Å². The van der Waals surface area contributed by atoms with Crippen LogP contribution in [0.5, 0.6) is 0 Å². The lowest BCUT2D eigenvalue weighted by Gasteiger charge is -2.33. The summed E-state index contributed by atoms with van der Waals surface area (Å²) in [6, 6.07) is 12.9. The van der Waals surface area contributed by atoms with Crippen LogP contribution >= 0.6 is 0 Å². The highest BCUT2D eigenvalue weighted by molar-refractivity contribution is 5.81. The Morgan fingerprint density at radius 3 is 2.59 bits per heavy atom. The normalized spacial score (nSPS) is 17.6. The Kier molecular flexibility index (Phi) is 8.93. The van der Waals surface area contributed by atoms with Gasteiger partial charge in [-0.2, -0.15) is 13.2 Å². The predicted molar refractivity (Wildman–Crippen MR) is 128 cm³/mol. The monoisotopic (exact) mass is 477 g/mol. The Labute approximate surface area is 199 Å². The van der Waals surface area contributed by atoms with Gasteiger partial charge in [0, 0.05) is 25.3 Å². The van der Waals surface area contributed by atoms with Gasteiger partial charge in [-0.25, -0.2) is 0 Å². The molecule has 0 radical (unpaired) electrons. The number of anilines is 1. The SMILES string of the molecule is CCN1Cc2ccccc2NCC1NC(CCN(C)C)C(=O)NCc1ccccc1C(F)(F)F. The van der Waals surface area contributed by atoms with E-state index in [0.29, 0.717) is 19.5 Å². The van der Waals surface area contributed by atoms with Gasteiger partial charge in [0.25, 0.3) is 0 Å². The van der Waals surface area contributed by atoms with Crippen LogP contribution in [0.3, 0.4) is 0 Å². The van der Waals surface area contributed by atoms with Crippen LogP contribution in [-0.2, 0) is 24.1 Å². The molecular weight excluding hydrogens is 443 g/mol. The number of para-hydroxylation sites is 1. The third-order valence-corrected chi connectivity index (χ3v) is 6.07. The number of carbonyl (C=O) groups excluding carboxylic acids is 1. The van der Waals surface area contributed by atoms with E-state index in [-0.39, 0.29) is 24.2 Å². The van der Waals surface area contributed by atoms with Crippen molar-refractivity contribution < 1.29 is 18.0 Å². The van der Waals surface area contributed by atoms with E-state index in [9.17, 15) is 18.0 Å².